The van der Waals surface area contributed by atoms with Gasteiger partial charge >= 0.3 is 0 Å². The second kappa shape index (κ2) is 8.27. The van der Waals surface area contributed by atoms with Crippen LogP contribution in [0.25, 0.3) is 54.6 Å². The van der Waals surface area contributed by atoms with Gasteiger partial charge in [0.1, 0.15) is 11.5 Å². The number of hydrogen-bond acceptors (Lipinski definition) is 2. The summed E-state index contributed by atoms with van der Waals surface area (Å²) in [6.45, 7) is 6.88. The fourth-order valence-electron chi connectivity index (χ4n) is 5.37. The van der Waals surface area contributed by atoms with E-state index in [1.807, 2.05) is 24.3 Å². The third kappa shape index (κ3) is 3.56. The van der Waals surface area contributed by atoms with Gasteiger partial charge < -0.3 is 9.47 Å². The molecule has 0 heterocycles. The summed E-state index contributed by atoms with van der Waals surface area (Å²) in [7, 11) is 3.42. The molecule has 0 fully saturated rings. The number of hydrogen-bond donors (Lipinski definition) is 0. The lowest BCUT2D eigenvalue weighted by atomic mass is 9.80. The largest absolute Gasteiger partial charge is 0.497 e. The van der Waals surface area contributed by atoms with Crippen LogP contribution in [0.5, 0.6) is 11.5 Å². The molecule has 6 rings (SSSR count). The number of benzene rings is 6. The zero-order chi connectivity index (χ0) is 25.0. The topological polar surface area (TPSA) is 18.5 Å². The molecule has 0 aromatic heterocycles. The van der Waals surface area contributed by atoms with E-state index in [9.17, 15) is 0 Å². The van der Waals surface area contributed by atoms with Gasteiger partial charge in [0.05, 0.1) is 14.2 Å². The molecule has 0 amide bonds. The molecule has 2 nitrogen and oxygen atoms in total. The monoisotopic (exact) mass is 470 g/mol. The first-order valence-corrected chi connectivity index (χ1v) is 12.4. The fraction of sp³-hybridized carbons (Fsp3) is 0.176. The lowest BCUT2D eigenvalue weighted by Gasteiger charge is -2.24. The Kier molecular flexibility index (Phi) is 5.15. The molecule has 0 saturated carbocycles. The average molecular weight is 471 g/mol. The first-order valence-electron chi connectivity index (χ1n) is 12.4. The molecular weight excluding hydrogens is 440 g/mol. The van der Waals surface area contributed by atoms with Crippen molar-refractivity contribution in [2.45, 2.75) is 26.2 Å². The predicted octanol–water partition coefficient (Wildman–Crippen LogP) is 9.23. The highest BCUT2D eigenvalue weighted by Crippen LogP contribution is 2.46. The Morgan fingerprint density at radius 1 is 0.528 bits per heavy atom. The number of ether oxygens (including phenoxy) is 2. The molecule has 0 N–H and O–H groups in total. The zero-order valence-electron chi connectivity index (χ0n) is 21.5. The Morgan fingerprint density at radius 2 is 0.972 bits per heavy atom. The van der Waals surface area contributed by atoms with Crippen LogP contribution in [0.2, 0.25) is 0 Å². The van der Waals surface area contributed by atoms with E-state index in [1.54, 1.807) is 14.2 Å². The van der Waals surface area contributed by atoms with Crippen molar-refractivity contribution < 1.29 is 9.47 Å². The maximum Gasteiger partial charge on any atom is 0.118 e. The van der Waals surface area contributed by atoms with E-state index in [-0.39, 0.29) is 5.41 Å². The van der Waals surface area contributed by atoms with Crippen LogP contribution in [0, 0.1) is 0 Å². The summed E-state index contributed by atoms with van der Waals surface area (Å²) in [4.78, 5) is 0. The minimum atomic E-state index is 0.0127. The van der Waals surface area contributed by atoms with Crippen molar-refractivity contribution >= 4 is 32.3 Å². The third-order valence-electron chi connectivity index (χ3n) is 7.37. The van der Waals surface area contributed by atoms with Crippen molar-refractivity contribution in [3.05, 3.63) is 96.6 Å². The first-order chi connectivity index (χ1) is 17.4. The van der Waals surface area contributed by atoms with E-state index in [2.05, 4.69) is 87.5 Å². The van der Waals surface area contributed by atoms with Crippen molar-refractivity contribution in [2.24, 2.45) is 0 Å². The molecular formula is C34H30O2. The van der Waals surface area contributed by atoms with Crippen molar-refractivity contribution in [2.75, 3.05) is 14.2 Å². The maximum absolute atomic E-state index is 5.43. The van der Waals surface area contributed by atoms with Crippen LogP contribution in [-0.2, 0) is 5.41 Å². The predicted molar refractivity (Wildman–Crippen MR) is 153 cm³/mol. The highest BCUT2D eigenvalue weighted by atomic mass is 16.5. The van der Waals surface area contributed by atoms with Gasteiger partial charge in [-0.05, 0) is 114 Å². The van der Waals surface area contributed by atoms with Gasteiger partial charge in [0.15, 0.2) is 0 Å². The van der Waals surface area contributed by atoms with Crippen LogP contribution in [0.1, 0.15) is 26.3 Å². The Bertz CT molecular complexity index is 1590. The number of rotatable bonds is 4. The molecule has 0 bridgehead atoms. The lowest BCUT2D eigenvalue weighted by Crippen LogP contribution is -2.11. The molecule has 0 aliphatic carbocycles. The Hall–Kier alpha value is -4.04. The minimum Gasteiger partial charge on any atom is -0.497 e. The van der Waals surface area contributed by atoms with Gasteiger partial charge in [-0.2, -0.15) is 0 Å². The molecule has 6 aromatic carbocycles. The molecule has 6 aromatic rings. The van der Waals surface area contributed by atoms with E-state index in [0.717, 1.165) is 11.5 Å². The molecule has 2 heteroatoms. The van der Waals surface area contributed by atoms with Crippen molar-refractivity contribution in [1.82, 2.24) is 0 Å². The highest BCUT2D eigenvalue weighted by molar-refractivity contribution is 6.29. The van der Waals surface area contributed by atoms with Gasteiger partial charge in [-0.25, -0.2) is 0 Å². The van der Waals surface area contributed by atoms with Crippen LogP contribution in [0.3, 0.4) is 0 Å². The van der Waals surface area contributed by atoms with Crippen LogP contribution in [0.4, 0.5) is 0 Å². The molecule has 0 spiro atoms. The van der Waals surface area contributed by atoms with E-state index < -0.39 is 0 Å². The summed E-state index contributed by atoms with van der Waals surface area (Å²) in [6.07, 6.45) is 0. The first kappa shape index (κ1) is 22.4. The van der Waals surface area contributed by atoms with E-state index in [0.29, 0.717) is 0 Å². The summed E-state index contributed by atoms with van der Waals surface area (Å²) in [5.41, 5.74) is 6.24. The molecule has 0 aliphatic heterocycles. The smallest absolute Gasteiger partial charge is 0.118 e. The quantitative estimate of drug-likeness (QED) is 0.239. The van der Waals surface area contributed by atoms with Crippen LogP contribution < -0.4 is 9.47 Å². The number of methoxy groups -OCH3 is 2. The molecule has 0 atom stereocenters. The Balaban J connectivity index is 1.78. The molecule has 0 unspecified atom stereocenters. The summed E-state index contributed by atoms with van der Waals surface area (Å²) < 4.78 is 10.9. The second-order valence-corrected chi connectivity index (χ2v) is 10.6. The Morgan fingerprint density at radius 3 is 1.36 bits per heavy atom. The molecule has 0 saturated heterocycles. The summed E-state index contributed by atoms with van der Waals surface area (Å²) in [6, 6.07) is 33.0. The van der Waals surface area contributed by atoms with E-state index in [1.165, 1.54) is 60.1 Å². The van der Waals surface area contributed by atoms with Gasteiger partial charge in [0.25, 0.3) is 0 Å². The summed E-state index contributed by atoms with van der Waals surface area (Å²) in [5.74, 6) is 1.74. The van der Waals surface area contributed by atoms with Gasteiger partial charge in [-0.1, -0.05) is 63.2 Å². The van der Waals surface area contributed by atoms with Gasteiger partial charge in [-0.15, -0.1) is 0 Å². The van der Waals surface area contributed by atoms with Crippen LogP contribution >= 0.6 is 0 Å². The highest BCUT2D eigenvalue weighted by Gasteiger charge is 2.21. The summed E-state index contributed by atoms with van der Waals surface area (Å²) >= 11 is 0. The van der Waals surface area contributed by atoms with Gasteiger partial charge in [0, 0.05) is 0 Å². The van der Waals surface area contributed by atoms with Gasteiger partial charge in [0.2, 0.25) is 0 Å². The third-order valence-corrected chi connectivity index (χ3v) is 7.37. The normalized spacial score (nSPS) is 12.0. The van der Waals surface area contributed by atoms with Gasteiger partial charge in [-0.3, -0.25) is 0 Å². The summed E-state index contributed by atoms with van der Waals surface area (Å²) in [5, 5.41) is 7.78. The van der Waals surface area contributed by atoms with Crippen LogP contribution in [0.15, 0.2) is 91.0 Å². The molecule has 0 radical (unpaired) electrons. The van der Waals surface area contributed by atoms with Crippen molar-refractivity contribution in [3.63, 3.8) is 0 Å². The van der Waals surface area contributed by atoms with Crippen molar-refractivity contribution in [3.8, 4) is 33.8 Å². The SMILES string of the molecule is COc1ccc(-c2cc3cccc4cc(-c5ccc(OC)cc5)c5cc(C(C)(C)C)cc2c5c34)cc1. The fourth-order valence-corrected chi connectivity index (χ4v) is 5.37. The minimum absolute atomic E-state index is 0.0127. The lowest BCUT2D eigenvalue weighted by molar-refractivity contribution is 0.415. The average Bonchev–Trinajstić information content (AvgIpc) is 2.90. The molecule has 0 aliphatic rings. The van der Waals surface area contributed by atoms with Crippen LogP contribution in [-0.4, -0.2) is 14.2 Å². The zero-order valence-corrected chi connectivity index (χ0v) is 21.5. The standard InChI is InChI=1S/C34H30O2/c1-34(2,3)25-19-30-28(21-9-13-26(35-4)14-10-21)17-23-7-6-8-24-18-29(31(20-25)33(30)32(23)24)22-11-15-27(36-5)16-12-22/h6-20H,1-5H3. The Labute approximate surface area is 212 Å². The maximum atomic E-state index is 5.43. The van der Waals surface area contributed by atoms with Crippen molar-refractivity contribution in [1.29, 1.82) is 0 Å². The molecule has 178 valence electrons. The second-order valence-electron chi connectivity index (χ2n) is 10.6. The van der Waals surface area contributed by atoms with E-state index >= 15 is 0 Å². The van der Waals surface area contributed by atoms with E-state index in [4.69, 9.17) is 9.47 Å². The molecule has 36 heavy (non-hydrogen) atoms.